The third-order valence-corrected chi connectivity index (χ3v) is 7.51. The van der Waals surface area contributed by atoms with Gasteiger partial charge in [0.05, 0.1) is 16.6 Å². The highest BCUT2D eigenvalue weighted by atomic mass is 32.2. The molecule has 1 aromatic carbocycles. The van der Waals surface area contributed by atoms with Gasteiger partial charge in [0, 0.05) is 36.3 Å². The number of carbonyl (C=O) groups excluding carboxylic acids is 1. The first kappa shape index (κ1) is 18.1. The Morgan fingerprint density at radius 3 is 2.89 bits per heavy atom. The predicted molar refractivity (Wildman–Crippen MR) is 101 cm³/mol. The lowest BCUT2D eigenvalue weighted by Crippen LogP contribution is -2.42. The van der Waals surface area contributed by atoms with Gasteiger partial charge in [0.25, 0.3) is 0 Å². The molecule has 8 heteroatoms. The molecule has 2 atom stereocenters. The Morgan fingerprint density at radius 1 is 1.33 bits per heavy atom. The Balaban J connectivity index is 1.69. The first-order valence-electron chi connectivity index (χ1n) is 9.14. The highest BCUT2D eigenvalue weighted by Crippen LogP contribution is 2.46. The van der Waals surface area contributed by atoms with Crippen LogP contribution in [0.3, 0.4) is 0 Å². The number of aromatic nitrogens is 2. The Hall–Kier alpha value is -2.32. The molecule has 142 valence electrons. The van der Waals surface area contributed by atoms with Crippen LogP contribution in [-0.2, 0) is 21.2 Å². The summed E-state index contributed by atoms with van der Waals surface area (Å²) in [6.45, 7) is 3.53. The van der Waals surface area contributed by atoms with E-state index in [1.807, 2.05) is 0 Å². The molecule has 3 heterocycles. The largest absolute Gasteiger partial charge is 0.326 e. The highest BCUT2D eigenvalue weighted by molar-refractivity contribution is 7.89. The Morgan fingerprint density at radius 2 is 2.15 bits per heavy atom. The van der Waals surface area contributed by atoms with Gasteiger partial charge >= 0.3 is 0 Å². The number of rotatable bonds is 4. The molecule has 0 aliphatic carbocycles. The van der Waals surface area contributed by atoms with Crippen molar-refractivity contribution >= 4 is 21.6 Å². The number of benzene rings is 1. The van der Waals surface area contributed by atoms with Crippen LogP contribution in [0, 0.1) is 6.92 Å². The van der Waals surface area contributed by atoms with Gasteiger partial charge in [-0.05, 0) is 43.5 Å². The number of carbonyl (C=O) groups is 1. The van der Waals surface area contributed by atoms with Gasteiger partial charge in [0.1, 0.15) is 6.33 Å². The van der Waals surface area contributed by atoms with Crippen molar-refractivity contribution in [3.8, 4) is 0 Å². The maximum absolute atomic E-state index is 13.5. The van der Waals surface area contributed by atoms with Gasteiger partial charge in [-0.25, -0.2) is 18.4 Å². The molecule has 1 aromatic heterocycles. The molecule has 2 aromatic rings. The first-order valence-corrected chi connectivity index (χ1v) is 10.6. The van der Waals surface area contributed by atoms with E-state index in [9.17, 15) is 13.2 Å². The summed E-state index contributed by atoms with van der Waals surface area (Å²) in [4.78, 5) is 20.3. The van der Waals surface area contributed by atoms with Crippen LogP contribution in [-0.4, -0.2) is 34.6 Å². The summed E-state index contributed by atoms with van der Waals surface area (Å²) in [6, 6.07) is 4.68. The average molecular weight is 386 g/mol. The summed E-state index contributed by atoms with van der Waals surface area (Å²) >= 11 is 0. The van der Waals surface area contributed by atoms with Crippen LogP contribution in [0.4, 0.5) is 5.69 Å². The molecule has 4 rings (SSSR count). The molecule has 0 saturated carbocycles. The fourth-order valence-corrected chi connectivity index (χ4v) is 6.18. The van der Waals surface area contributed by atoms with Gasteiger partial charge in [-0.15, -0.1) is 0 Å². The molecule has 7 nitrogen and oxygen atoms in total. The van der Waals surface area contributed by atoms with E-state index >= 15 is 0 Å². The van der Waals surface area contributed by atoms with Gasteiger partial charge < -0.3 is 5.32 Å². The zero-order valence-electron chi connectivity index (χ0n) is 15.3. The molecule has 27 heavy (non-hydrogen) atoms. The average Bonchev–Trinajstić information content (AvgIpc) is 2.98. The smallest absolute Gasteiger partial charge is 0.244 e. The van der Waals surface area contributed by atoms with Crippen molar-refractivity contribution in [2.24, 2.45) is 0 Å². The summed E-state index contributed by atoms with van der Waals surface area (Å²) in [5.74, 6) is -0.101. The lowest BCUT2D eigenvalue weighted by atomic mass is 10.0. The zero-order valence-corrected chi connectivity index (χ0v) is 16.2. The maximum Gasteiger partial charge on any atom is 0.244 e. The van der Waals surface area contributed by atoms with E-state index in [4.69, 9.17) is 0 Å². The first-order chi connectivity index (χ1) is 12.9. The molecule has 0 radical (unpaired) electrons. The Kier molecular flexibility index (Phi) is 4.47. The highest BCUT2D eigenvalue weighted by Gasteiger charge is 2.47. The number of amides is 1. The van der Waals surface area contributed by atoms with Gasteiger partial charge in [-0.2, -0.15) is 4.31 Å². The summed E-state index contributed by atoms with van der Waals surface area (Å²) in [7, 11) is -3.66. The van der Waals surface area contributed by atoms with E-state index < -0.39 is 10.0 Å². The number of nitrogens with zero attached hydrogens (tertiary/aromatic N) is 3. The molecule has 2 unspecified atom stereocenters. The number of anilines is 1. The number of hydrogen-bond donors (Lipinski definition) is 1. The van der Waals surface area contributed by atoms with Crippen LogP contribution >= 0.6 is 0 Å². The molecular formula is C19H22N4O3S. The Labute approximate surface area is 158 Å². The fourth-order valence-electron chi connectivity index (χ4n) is 4.12. The van der Waals surface area contributed by atoms with Crippen molar-refractivity contribution in [1.29, 1.82) is 0 Å². The van der Waals surface area contributed by atoms with Crippen LogP contribution in [0.1, 0.15) is 49.0 Å². The molecule has 1 N–H and O–H groups in total. The molecule has 1 amide bonds. The number of fused-ring (bicyclic) bond motifs is 4. The Bertz CT molecular complexity index is 1010. The number of aryl methyl sites for hydroxylation is 1. The molecule has 1 saturated heterocycles. The molecule has 0 spiro atoms. The molecule has 2 aliphatic rings. The van der Waals surface area contributed by atoms with E-state index in [1.165, 1.54) is 6.33 Å². The van der Waals surface area contributed by atoms with Crippen LogP contribution in [0.15, 0.2) is 35.6 Å². The third kappa shape index (κ3) is 3.02. The zero-order chi connectivity index (χ0) is 19.2. The van der Waals surface area contributed by atoms with Crippen LogP contribution in [0.25, 0.3) is 0 Å². The quantitative estimate of drug-likeness (QED) is 0.872. The third-order valence-electron chi connectivity index (χ3n) is 5.39. The molecule has 2 bridgehead atoms. The predicted octanol–water partition coefficient (Wildman–Crippen LogP) is 2.58. The van der Waals surface area contributed by atoms with Crippen molar-refractivity contribution in [3.63, 3.8) is 0 Å². The van der Waals surface area contributed by atoms with Gasteiger partial charge in [-0.3, -0.25) is 4.79 Å². The number of hydrogen-bond acceptors (Lipinski definition) is 5. The van der Waals surface area contributed by atoms with Crippen molar-refractivity contribution in [1.82, 2.24) is 14.3 Å². The minimum Gasteiger partial charge on any atom is -0.326 e. The second kappa shape index (κ2) is 6.69. The van der Waals surface area contributed by atoms with Crippen molar-refractivity contribution < 1.29 is 13.2 Å². The van der Waals surface area contributed by atoms with Crippen molar-refractivity contribution in [2.75, 3.05) is 5.32 Å². The second-order valence-corrected chi connectivity index (χ2v) is 8.90. The lowest BCUT2D eigenvalue weighted by molar-refractivity contribution is -0.115. The topological polar surface area (TPSA) is 92.3 Å². The summed E-state index contributed by atoms with van der Waals surface area (Å²) in [6.07, 6.45) is 5.87. The number of sulfonamides is 1. The van der Waals surface area contributed by atoms with Crippen LogP contribution in [0.5, 0.6) is 0 Å². The summed E-state index contributed by atoms with van der Waals surface area (Å²) in [5, 5.41) is 2.77. The molecule has 2 aliphatic heterocycles. The maximum atomic E-state index is 13.5. The van der Waals surface area contributed by atoms with E-state index in [-0.39, 0.29) is 22.9 Å². The molecule has 1 fully saturated rings. The summed E-state index contributed by atoms with van der Waals surface area (Å²) < 4.78 is 28.6. The normalized spacial score (nSPS) is 21.7. The van der Waals surface area contributed by atoms with Crippen molar-refractivity contribution in [2.45, 2.75) is 56.5 Å². The second-order valence-electron chi connectivity index (χ2n) is 7.09. The minimum atomic E-state index is -3.66. The fraction of sp³-hybridized carbons (Fsp3) is 0.421. The SMILES string of the molecule is CCC(=O)Nc1ccc(S(=O)(=O)N2C3CCC2c2cncnc2C3)c(C)c1. The van der Waals surface area contributed by atoms with E-state index in [2.05, 4.69) is 15.3 Å². The molecular weight excluding hydrogens is 364 g/mol. The van der Waals surface area contributed by atoms with Crippen LogP contribution in [0.2, 0.25) is 0 Å². The van der Waals surface area contributed by atoms with E-state index in [0.717, 1.165) is 24.1 Å². The van der Waals surface area contributed by atoms with Crippen LogP contribution < -0.4 is 5.32 Å². The van der Waals surface area contributed by atoms with Gasteiger partial charge in [-0.1, -0.05) is 6.92 Å². The summed E-state index contributed by atoms with van der Waals surface area (Å²) in [5.41, 5.74) is 3.11. The van der Waals surface area contributed by atoms with Gasteiger partial charge in [0.15, 0.2) is 0 Å². The lowest BCUT2D eigenvalue weighted by Gasteiger charge is -2.34. The minimum absolute atomic E-state index is 0.0683. The van der Waals surface area contributed by atoms with Crippen molar-refractivity contribution in [3.05, 3.63) is 47.5 Å². The number of nitrogens with one attached hydrogen (secondary N) is 1. The standard InChI is InChI=1S/C19H22N4O3S/c1-3-19(24)22-13-4-7-18(12(2)8-13)27(25,26)23-14-5-6-17(23)15-10-20-11-21-16(15)9-14/h4,7-8,10-11,14,17H,3,5-6,9H2,1-2H3,(H,22,24). The van der Waals surface area contributed by atoms with E-state index in [1.54, 1.807) is 42.5 Å². The monoisotopic (exact) mass is 386 g/mol. The van der Waals surface area contributed by atoms with Gasteiger partial charge in [0.2, 0.25) is 15.9 Å². The van der Waals surface area contributed by atoms with E-state index in [0.29, 0.717) is 24.1 Å².